The van der Waals surface area contributed by atoms with Crippen LogP contribution in [0.4, 0.5) is 0 Å². The molecule has 0 saturated heterocycles. The zero-order valence-electron chi connectivity index (χ0n) is 21.8. The SMILES string of the molecule is COc1ccc2[nH]c(=O)c(C(c3nnnn3Cc3ccccc3)N(Cc3cccnc3)Cc3ccco3)cc2c1. The molecule has 4 heterocycles. The molecule has 200 valence electrons. The fourth-order valence-electron chi connectivity index (χ4n) is 4.87. The summed E-state index contributed by atoms with van der Waals surface area (Å²) in [5.74, 6) is 1.97. The minimum atomic E-state index is -0.622. The number of nitrogens with zero attached hydrogens (tertiary/aromatic N) is 6. The van der Waals surface area contributed by atoms with E-state index in [0.29, 0.717) is 42.3 Å². The lowest BCUT2D eigenvalue weighted by atomic mass is 10.0. The van der Waals surface area contributed by atoms with Crippen LogP contribution in [0.5, 0.6) is 5.75 Å². The number of aromatic amines is 1. The molecule has 1 N–H and O–H groups in total. The van der Waals surface area contributed by atoms with Crippen molar-refractivity contribution in [1.82, 2.24) is 35.1 Å². The summed E-state index contributed by atoms with van der Waals surface area (Å²) in [5.41, 5.74) is 2.99. The number of hydrogen-bond donors (Lipinski definition) is 1. The molecule has 0 bridgehead atoms. The number of rotatable bonds is 10. The Bertz CT molecular complexity index is 1750. The Kier molecular flexibility index (Phi) is 7.14. The lowest BCUT2D eigenvalue weighted by Gasteiger charge is -2.30. The van der Waals surface area contributed by atoms with Gasteiger partial charge >= 0.3 is 0 Å². The number of fused-ring (bicyclic) bond motifs is 1. The number of H-pyrrole nitrogens is 1. The number of benzene rings is 2. The number of pyridine rings is 2. The third-order valence-electron chi connectivity index (χ3n) is 6.77. The van der Waals surface area contributed by atoms with Crippen molar-refractivity contribution < 1.29 is 9.15 Å². The molecule has 0 saturated carbocycles. The highest BCUT2D eigenvalue weighted by Gasteiger charge is 2.31. The van der Waals surface area contributed by atoms with Gasteiger partial charge in [-0.25, -0.2) is 4.68 Å². The van der Waals surface area contributed by atoms with E-state index in [1.54, 1.807) is 24.3 Å². The van der Waals surface area contributed by atoms with Gasteiger partial charge in [-0.05, 0) is 64.0 Å². The van der Waals surface area contributed by atoms with Gasteiger partial charge in [0.05, 0.1) is 26.5 Å². The average Bonchev–Trinajstić information content (AvgIpc) is 3.67. The fraction of sp³-hybridized carbons (Fsp3) is 0.167. The number of furan rings is 1. The predicted octanol–water partition coefficient (Wildman–Crippen LogP) is 4.35. The molecule has 6 aromatic rings. The second-order valence-corrected chi connectivity index (χ2v) is 9.44. The van der Waals surface area contributed by atoms with Crippen LogP contribution in [0.15, 0.2) is 107 Å². The third-order valence-corrected chi connectivity index (χ3v) is 6.77. The van der Waals surface area contributed by atoms with Gasteiger partial charge in [0.1, 0.15) is 17.6 Å². The molecule has 0 aliphatic carbocycles. The molecule has 4 aromatic heterocycles. The van der Waals surface area contributed by atoms with E-state index in [1.165, 1.54) is 0 Å². The van der Waals surface area contributed by atoms with Crippen molar-refractivity contribution in [2.75, 3.05) is 7.11 Å². The number of aromatic nitrogens is 6. The Morgan fingerprint density at radius 2 is 1.88 bits per heavy atom. The van der Waals surface area contributed by atoms with Crippen LogP contribution in [0, 0.1) is 0 Å². The number of ether oxygens (including phenoxy) is 1. The van der Waals surface area contributed by atoms with Crippen LogP contribution in [-0.4, -0.2) is 42.2 Å². The van der Waals surface area contributed by atoms with Crippen molar-refractivity contribution in [2.24, 2.45) is 0 Å². The maximum atomic E-state index is 13.7. The summed E-state index contributed by atoms with van der Waals surface area (Å²) >= 11 is 0. The van der Waals surface area contributed by atoms with Crippen LogP contribution < -0.4 is 10.3 Å². The largest absolute Gasteiger partial charge is 0.497 e. The Morgan fingerprint density at radius 3 is 2.65 bits per heavy atom. The molecule has 0 fully saturated rings. The lowest BCUT2D eigenvalue weighted by molar-refractivity contribution is 0.179. The normalized spacial score (nSPS) is 12.2. The minimum absolute atomic E-state index is 0.229. The molecule has 2 aromatic carbocycles. The molecular weight excluding hydrogens is 506 g/mol. The van der Waals surface area contributed by atoms with Gasteiger partial charge in [0, 0.05) is 35.4 Å². The zero-order valence-corrected chi connectivity index (χ0v) is 21.8. The Morgan fingerprint density at radius 1 is 1.00 bits per heavy atom. The Hall–Kier alpha value is -5.09. The summed E-state index contributed by atoms with van der Waals surface area (Å²) in [6, 6.07) is 24.4. The molecule has 0 aliphatic heterocycles. The first kappa shape index (κ1) is 25.2. The molecule has 0 amide bonds. The Labute approximate surface area is 229 Å². The summed E-state index contributed by atoms with van der Waals surface area (Å²) in [6.07, 6.45) is 5.19. The highest BCUT2D eigenvalue weighted by atomic mass is 16.5. The standard InChI is InChI=1S/C30H27N7O3/c1-39-24-11-12-27-23(15-24)16-26(30(38)32-27)28(29-33-34-35-37(29)19-21-7-3-2-4-8-21)36(20-25-10-6-14-40-25)18-22-9-5-13-31-17-22/h2-17,28H,18-20H2,1H3,(H,32,38). The number of nitrogens with one attached hydrogen (secondary N) is 1. The maximum absolute atomic E-state index is 13.7. The van der Waals surface area contributed by atoms with Crippen molar-refractivity contribution in [1.29, 1.82) is 0 Å². The van der Waals surface area contributed by atoms with Gasteiger partial charge in [-0.15, -0.1) is 5.10 Å². The molecule has 0 radical (unpaired) electrons. The maximum Gasteiger partial charge on any atom is 0.253 e. The second kappa shape index (κ2) is 11.3. The van der Waals surface area contributed by atoms with Crippen molar-refractivity contribution in [2.45, 2.75) is 25.7 Å². The first-order valence-electron chi connectivity index (χ1n) is 12.8. The van der Waals surface area contributed by atoms with E-state index in [1.807, 2.05) is 85.1 Å². The lowest BCUT2D eigenvalue weighted by Crippen LogP contribution is -2.35. The summed E-state index contributed by atoms with van der Waals surface area (Å²) in [5, 5.41) is 13.7. The van der Waals surface area contributed by atoms with Crippen LogP contribution in [0.1, 0.15) is 34.3 Å². The summed E-state index contributed by atoms with van der Waals surface area (Å²) in [4.78, 5) is 23.2. The molecule has 10 nitrogen and oxygen atoms in total. The van der Waals surface area contributed by atoms with Crippen LogP contribution in [-0.2, 0) is 19.6 Å². The van der Waals surface area contributed by atoms with E-state index in [-0.39, 0.29) is 5.56 Å². The van der Waals surface area contributed by atoms with E-state index in [4.69, 9.17) is 9.15 Å². The molecule has 40 heavy (non-hydrogen) atoms. The van der Waals surface area contributed by atoms with E-state index in [2.05, 4.69) is 30.4 Å². The summed E-state index contributed by atoms with van der Waals surface area (Å²) in [6.45, 7) is 1.31. The molecular formula is C30H27N7O3. The highest BCUT2D eigenvalue weighted by Crippen LogP contribution is 2.31. The van der Waals surface area contributed by atoms with Crippen LogP contribution >= 0.6 is 0 Å². The van der Waals surface area contributed by atoms with E-state index in [0.717, 1.165) is 22.3 Å². The van der Waals surface area contributed by atoms with E-state index < -0.39 is 6.04 Å². The first-order chi connectivity index (χ1) is 19.7. The number of hydrogen-bond acceptors (Lipinski definition) is 8. The van der Waals surface area contributed by atoms with Crippen LogP contribution in [0.3, 0.4) is 0 Å². The molecule has 1 unspecified atom stereocenters. The summed E-state index contributed by atoms with van der Waals surface area (Å²) in [7, 11) is 1.62. The number of tetrazole rings is 1. The Balaban J connectivity index is 1.53. The summed E-state index contributed by atoms with van der Waals surface area (Å²) < 4.78 is 12.9. The molecule has 10 heteroatoms. The highest BCUT2D eigenvalue weighted by molar-refractivity contribution is 5.80. The average molecular weight is 534 g/mol. The van der Waals surface area contributed by atoms with Gasteiger partial charge in [0.15, 0.2) is 5.82 Å². The van der Waals surface area contributed by atoms with Crippen molar-refractivity contribution in [3.05, 3.63) is 136 Å². The smallest absolute Gasteiger partial charge is 0.253 e. The predicted molar refractivity (Wildman–Crippen MR) is 149 cm³/mol. The molecule has 0 spiro atoms. The van der Waals surface area contributed by atoms with Gasteiger partial charge < -0.3 is 14.1 Å². The minimum Gasteiger partial charge on any atom is -0.497 e. The first-order valence-corrected chi connectivity index (χ1v) is 12.8. The number of methoxy groups -OCH3 is 1. The fourth-order valence-corrected chi connectivity index (χ4v) is 4.87. The molecule has 1 atom stereocenters. The van der Waals surface area contributed by atoms with E-state index >= 15 is 0 Å². The zero-order chi connectivity index (χ0) is 27.3. The van der Waals surface area contributed by atoms with Crippen molar-refractivity contribution in [3.63, 3.8) is 0 Å². The molecule has 0 aliphatic rings. The molecule has 6 rings (SSSR count). The quantitative estimate of drug-likeness (QED) is 0.276. The van der Waals surface area contributed by atoms with Gasteiger partial charge in [-0.1, -0.05) is 36.4 Å². The van der Waals surface area contributed by atoms with Crippen molar-refractivity contribution in [3.8, 4) is 5.75 Å². The van der Waals surface area contributed by atoms with E-state index in [9.17, 15) is 4.79 Å². The van der Waals surface area contributed by atoms with Crippen molar-refractivity contribution >= 4 is 10.9 Å². The monoisotopic (exact) mass is 533 g/mol. The van der Waals surface area contributed by atoms with Gasteiger partial charge in [-0.2, -0.15) is 0 Å². The van der Waals surface area contributed by atoms with Crippen LogP contribution in [0.25, 0.3) is 10.9 Å². The second-order valence-electron chi connectivity index (χ2n) is 9.44. The van der Waals surface area contributed by atoms with Gasteiger partial charge in [-0.3, -0.25) is 14.7 Å². The third kappa shape index (κ3) is 5.38. The van der Waals surface area contributed by atoms with Gasteiger partial charge in [0.2, 0.25) is 0 Å². The topological polar surface area (TPSA) is 115 Å². The van der Waals surface area contributed by atoms with Gasteiger partial charge in [0.25, 0.3) is 5.56 Å². The van der Waals surface area contributed by atoms with Crippen LogP contribution in [0.2, 0.25) is 0 Å².